The molecular weight excluding hydrogens is 222 g/mol. The molecule has 2 amide bonds. The third kappa shape index (κ3) is 8.25. The molecule has 0 bridgehead atoms. The van der Waals surface area contributed by atoms with E-state index in [1.165, 1.54) is 0 Å². The van der Waals surface area contributed by atoms with Crippen LogP contribution in [0.3, 0.4) is 0 Å². The van der Waals surface area contributed by atoms with Crippen LogP contribution in [-0.2, 0) is 14.3 Å². The second-order valence-corrected chi connectivity index (χ2v) is 3.38. The summed E-state index contributed by atoms with van der Waals surface area (Å²) in [6.45, 7) is 2.89. The van der Waals surface area contributed by atoms with E-state index in [1.807, 2.05) is 0 Å². The predicted molar refractivity (Wildman–Crippen MR) is 64.2 cm³/mol. The molecule has 0 rings (SSSR count). The van der Waals surface area contributed by atoms with Crippen molar-refractivity contribution in [3.63, 3.8) is 0 Å². The van der Waals surface area contributed by atoms with Gasteiger partial charge in [0.2, 0.25) is 11.8 Å². The van der Waals surface area contributed by atoms with E-state index in [2.05, 4.69) is 21.9 Å². The Morgan fingerprint density at radius 3 is 2.76 bits per heavy atom. The molecule has 6 nitrogen and oxygen atoms in total. The molecule has 0 fully saturated rings. The number of nitrogens with one attached hydrogen (secondary N) is 3. The first-order chi connectivity index (χ1) is 8.11. The minimum absolute atomic E-state index is 0.0971. The van der Waals surface area contributed by atoms with E-state index in [0.717, 1.165) is 0 Å². The van der Waals surface area contributed by atoms with Crippen molar-refractivity contribution in [3.05, 3.63) is 0 Å². The molecule has 3 N–H and O–H groups in total. The highest BCUT2D eigenvalue weighted by Crippen LogP contribution is 1.82. The average molecular weight is 241 g/mol. The van der Waals surface area contributed by atoms with Crippen LogP contribution >= 0.6 is 0 Å². The van der Waals surface area contributed by atoms with Crippen molar-refractivity contribution in [1.82, 2.24) is 16.0 Å². The predicted octanol–water partition coefficient (Wildman–Crippen LogP) is -1.52. The van der Waals surface area contributed by atoms with Gasteiger partial charge >= 0.3 is 0 Å². The highest BCUT2D eigenvalue weighted by atomic mass is 16.5. The van der Waals surface area contributed by atoms with Crippen molar-refractivity contribution in [3.8, 4) is 12.3 Å². The molecule has 0 spiro atoms. The van der Waals surface area contributed by atoms with Gasteiger partial charge in [-0.3, -0.25) is 14.9 Å². The maximum atomic E-state index is 11.4. The first-order valence-electron chi connectivity index (χ1n) is 5.32. The lowest BCUT2D eigenvalue weighted by atomic mass is 10.3. The Morgan fingerprint density at radius 1 is 1.47 bits per heavy atom. The number of amides is 2. The lowest BCUT2D eigenvalue weighted by molar-refractivity contribution is -0.128. The van der Waals surface area contributed by atoms with Crippen molar-refractivity contribution in [2.24, 2.45) is 0 Å². The van der Waals surface area contributed by atoms with Crippen molar-refractivity contribution < 1.29 is 14.3 Å². The second-order valence-electron chi connectivity index (χ2n) is 3.38. The van der Waals surface area contributed by atoms with Crippen LogP contribution < -0.4 is 16.0 Å². The lowest BCUT2D eigenvalue weighted by Gasteiger charge is -2.13. The molecule has 1 atom stereocenters. The highest BCUT2D eigenvalue weighted by molar-refractivity contribution is 5.87. The van der Waals surface area contributed by atoms with Crippen molar-refractivity contribution in [2.45, 2.75) is 13.0 Å². The Morgan fingerprint density at radius 2 is 2.18 bits per heavy atom. The van der Waals surface area contributed by atoms with Gasteiger partial charge in [0, 0.05) is 13.7 Å². The van der Waals surface area contributed by atoms with Crippen LogP contribution in [0.25, 0.3) is 0 Å². The van der Waals surface area contributed by atoms with Gasteiger partial charge in [0.25, 0.3) is 0 Å². The minimum atomic E-state index is -0.577. The molecule has 0 aromatic heterocycles. The molecule has 96 valence electrons. The van der Waals surface area contributed by atoms with E-state index in [-0.39, 0.29) is 18.4 Å². The van der Waals surface area contributed by atoms with E-state index < -0.39 is 6.04 Å². The molecule has 1 unspecified atom stereocenters. The molecule has 17 heavy (non-hydrogen) atoms. The van der Waals surface area contributed by atoms with Crippen LogP contribution in [0.2, 0.25) is 0 Å². The number of rotatable bonds is 8. The Balaban J connectivity index is 3.75. The SMILES string of the molecule is C#CCNCC(=O)NC(C)C(=O)NCCOC. The van der Waals surface area contributed by atoms with Crippen LogP contribution in [0.5, 0.6) is 0 Å². The topological polar surface area (TPSA) is 79.5 Å². The summed E-state index contributed by atoms with van der Waals surface area (Å²) in [5, 5.41) is 7.90. The van der Waals surface area contributed by atoms with Crippen molar-refractivity contribution >= 4 is 11.8 Å². The summed E-state index contributed by atoms with van der Waals surface area (Å²) in [5.41, 5.74) is 0. The van der Waals surface area contributed by atoms with Gasteiger partial charge in [-0.25, -0.2) is 0 Å². The van der Waals surface area contributed by atoms with Crippen molar-refractivity contribution in [1.29, 1.82) is 0 Å². The fourth-order valence-corrected chi connectivity index (χ4v) is 1.04. The van der Waals surface area contributed by atoms with Crippen LogP contribution in [-0.4, -0.2) is 51.2 Å². The maximum Gasteiger partial charge on any atom is 0.242 e. The third-order valence-electron chi connectivity index (χ3n) is 1.89. The Bertz CT molecular complexity index is 286. The summed E-state index contributed by atoms with van der Waals surface area (Å²) in [6.07, 6.45) is 5.01. The summed E-state index contributed by atoms with van der Waals surface area (Å²) in [6, 6.07) is -0.577. The van der Waals surface area contributed by atoms with E-state index in [4.69, 9.17) is 11.2 Å². The summed E-state index contributed by atoms with van der Waals surface area (Å²) >= 11 is 0. The summed E-state index contributed by atoms with van der Waals surface area (Å²) in [7, 11) is 1.55. The number of hydrogen-bond acceptors (Lipinski definition) is 4. The fourth-order valence-electron chi connectivity index (χ4n) is 1.04. The molecule has 0 heterocycles. The first kappa shape index (κ1) is 15.4. The molecule has 0 saturated carbocycles. The summed E-state index contributed by atoms with van der Waals surface area (Å²) < 4.78 is 4.79. The van der Waals surface area contributed by atoms with Crippen LogP contribution in [0.4, 0.5) is 0 Å². The molecule has 0 aromatic rings. The van der Waals surface area contributed by atoms with Gasteiger partial charge in [-0.2, -0.15) is 0 Å². The molecule has 0 aliphatic heterocycles. The van der Waals surface area contributed by atoms with Gasteiger partial charge in [0.05, 0.1) is 19.7 Å². The van der Waals surface area contributed by atoms with E-state index in [1.54, 1.807) is 14.0 Å². The van der Waals surface area contributed by atoms with Crippen LogP contribution in [0.1, 0.15) is 6.92 Å². The zero-order valence-electron chi connectivity index (χ0n) is 10.2. The third-order valence-corrected chi connectivity index (χ3v) is 1.89. The zero-order valence-corrected chi connectivity index (χ0v) is 10.2. The molecular formula is C11H19N3O3. The fraction of sp³-hybridized carbons (Fsp3) is 0.636. The smallest absolute Gasteiger partial charge is 0.242 e. The number of methoxy groups -OCH3 is 1. The summed E-state index contributed by atoms with van der Waals surface area (Å²) in [4.78, 5) is 22.8. The minimum Gasteiger partial charge on any atom is -0.383 e. The lowest BCUT2D eigenvalue weighted by Crippen LogP contribution is -2.47. The largest absolute Gasteiger partial charge is 0.383 e. The second kappa shape index (κ2) is 9.63. The van der Waals surface area contributed by atoms with Gasteiger partial charge < -0.3 is 15.4 Å². The molecule has 0 radical (unpaired) electrons. The van der Waals surface area contributed by atoms with E-state index >= 15 is 0 Å². The average Bonchev–Trinajstić information content (AvgIpc) is 2.29. The number of carbonyl (C=O) groups excluding carboxylic acids is 2. The van der Waals surface area contributed by atoms with Gasteiger partial charge in [0.15, 0.2) is 0 Å². The monoisotopic (exact) mass is 241 g/mol. The van der Waals surface area contributed by atoms with Gasteiger partial charge in [-0.15, -0.1) is 6.42 Å². The summed E-state index contributed by atoms with van der Waals surface area (Å²) in [5.74, 6) is 1.84. The van der Waals surface area contributed by atoms with E-state index in [0.29, 0.717) is 19.7 Å². The van der Waals surface area contributed by atoms with Crippen LogP contribution in [0, 0.1) is 12.3 Å². The molecule has 0 aromatic carbocycles. The zero-order chi connectivity index (χ0) is 13.1. The first-order valence-corrected chi connectivity index (χ1v) is 5.32. The van der Waals surface area contributed by atoms with Crippen molar-refractivity contribution in [2.75, 3.05) is 33.4 Å². The van der Waals surface area contributed by atoms with Gasteiger partial charge in [-0.1, -0.05) is 5.92 Å². The quantitative estimate of drug-likeness (QED) is 0.356. The van der Waals surface area contributed by atoms with Gasteiger partial charge in [0.1, 0.15) is 6.04 Å². The Hall–Kier alpha value is -1.58. The molecule has 0 aliphatic rings. The molecule has 6 heteroatoms. The number of carbonyl (C=O) groups is 2. The van der Waals surface area contributed by atoms with Crippen LogP contribution in [0.15, 0.2) is 0 Å². The van der Waals surface area contributed by atoms with E-state index in [9.17, 15) is 9.59 Å². The maximum absolute atomic E-state index is 11.4. The Labute approximate surface area is 101 Å². The normalized spacial score (nSPS) is 11.4. The van der Waals surface area contributed by atoms with Gasteiger partial charge in [-0.05, 0) is 6.92 Å². The molecule has 0 aliphatic carbocycles. The number of hydrogen-bond donors (Lipinski definition) is 3. The highest BCUT2D eigenvalue weighted by Gasteiger charge is 2.14. The Kier molecular flexibility index (Phi) is 8.74. The number of terminal acetylenes is 1. The number of ether oxygens (including phenoxy) is 1. The standard InChI is InChI=1S/C11H19N3O3/c1-4-5-12-8-10(15)14-9(2)11(16)13-6-7-17-3/h1,9,12H,5-8H2,2-3H3,(H,13,16)(H,14,15). The molecule has 0 saturated heterocycles.